The molecule has 0 amide bonds. The molecule has 0 aliphatic heterocycles. The van der Waals surface area contributed by atoms with Gasteiger partial charge in [0.05, 0.1) is 0 Å². The van der Waals surface area contributed by atoms with Crippen molar-refractivity contribution in [3.63, 3.8) is 0 Å². The second kappa shape index (κ2) is 6.71. The number of allylic oxidation sites excluding steroid dienone is 5. The summed E-state index contributed by atoms with van der Waals surface area (Å²) in [5, 5.41) is 0. The maximum absolute atomic E-state index is 3.63. The van der Waals surface area contributed by atoms with Gasteiger partial charge in [0, 0.05) is 0 Å². The third kappa shape index (κ3) is 4.72. The van der Waals surface area contributed by atoms with Crippen LogP contribution in [0.5, 0.6) is 0 Å². The molecule has 1 rings (SSSR count). The number of hydrogen-bond donors (Lipinski definition) is 0. The lowest BCUT2D eigenvalue weighted by Gasteiger charge is -2.19. The van der Waals surface area contributed by atoms with Crippen molar-refractivity contribution in [3.8, 4) is 0 Å². The molecule has 0 atom stereocenters. The topological polar surface area (TPSA) is 0 Å². The molecule has 13 heavy (non-hydrogen) atoms. The highest BCUT2D eigenvalue weighted by atomic mass is 14.2. The van der Waals surface area contributed by atoms with Gasteiger partial charge >= 0.3 is 0 Å². The molecule has 0 spiro atoms. The van der Waals surface area contributed by atoms with Gasteiger partial charge in [0.25, 0.3) is 0 Å². The number of rotatable bonds is 4. The minimum absolute atomic E-state index is 0.960. The van der Waals surface area contributed by atoms with Crippen molar-refractivity contribution in [2.75, 3.05) is 0 Å². The van der Waals surface area contributed by atoms with E-state index in [-0.39, 0.29) is 0 Å². The summed E-state index contributed by atoms with van der Waals surface area (Å²) < 4.78 is 0. The predicted octanol–water partition coefficient (Wildman–Crippen LogP) is 4.26. The van der Waals surface area contributed by atoms with Crippen LogP contribution in [0.4, 0.5) is 0 Å². The average molecular weight is 176 g/mol. The Labute approximate surface area is 82.0 Å². The summed E-state index contributed by atoms with van der Waals surface area (Å²) in [6, 6.07) is 0. The molecule has 0 heterocycles. The van der Waals surface area contributed by atoms with Gasteiger partial charge in [0.1, 0.15) is 0 Å². The molecule has 0 nitrogen and oxygen atoms in total. The van der Waals surface area contributed by atoms with Crippen molar-refractivity contribution < 1.29 is 0 Å². The van der Waals surface area contributed by atoms with Gasteiger partial charge in [-0.2, -0.15) is 0 Å². The third-order valence-electron chi connectivity index (χ3n) is 2.69. The van der Waals surface area contributed by atoms with Gasteiger partial charge in [-0.25, -0.2) is 0 Å². The van der Waals surface area contributed by atoms with Gasteiger partial charge in [0.2, 0.25) is 0 Å². The molecule has 0 radical (unpaired) electrons. The quantitative estimate of drug-likeness (QED) is 0.561. The lowest BCUT2D eigenvalue weighted by molar-refractivity contribution is 0.361. The van der Waals surface area contributed by atoms with E-state index in [2.05, 4.69) is 24.8 Å². The summed E-state index contributed by atoms with van der Waals surface area (Å²) in [6.07, 6.45) is 18.7. The Morgan fingerprint density at radius 2 is 1.77 bits per heavy atom. The smallest absolute Gasteiger partial charge is 0.0319 e. The molecular weight excluding hydrogens is 156 g/mol. The SMILES string of the molecule is C=C/C=C\C=C/CC1CCCCC1. The normalized spacial score (nSPS) is 20.0. The fourth-order valence-electron chi connectivity index (χ4n) is 1.92. The van der Waals surface area contributed by atoms with Gasteiger partial charge in [-0.3, -0.25) is 0 Å². The van der Waals surface area contributed by atoms with Crippen molar-refractivity contribution in [2.45, 2.75) is 38.5 Å². The van der Waals surface area contributed by atoms with Gasteiger partial charge in [-0.1, -0.05) is 69.1 Å². The molecule has 0 bridgehead atoms. The van der Waals surface area contributed by atoms with E-state index in [1.165, 1.54) is 38.5 Å². The highest BCUT2D eigenvalue weighted by molar-refractivity contribution is 5.08. The van der Waals surface area contributed by atoms with Crippen molar-refractivity contribution in [1.82, 2.24) is 0 Å². The molecule has 0 heteroatoms. The molecule has 0 saturated heterocycles. The highest BCUT2D eigenvalue weighted by Crippen LogP contribution is 2.26. The van der Waals surface area contributed by atoms with Crippen LogP contribution in [-0.4, -0.2) is 0 Å². The zero-order valence-electron chi connectivity index (χ0n) is 8.41. The maximum atomic E-state index is 3.63. The summed E-state index contributed by atoms with van der Waals surface area (Å²) >= 11 is 0. The van der Waals surface area contributed by atoms with Crippen LogP contribution >= 0.6 is 0 Å². The molecule has 0 aromatic heterocycles. The molecule has 1 saturated carbocycles. The molecule has 1 aliphatic carbocycles. The van der Waals surface area contributed by atoms with E-state index >= 15 is 0 Å². The third-order valence-corrected chi connectivity index (χ3v) is 2.69. The Balaban J connectivity index is 2.13. The Hall–Kier alpha value is -0.780. The van der Waals surface area contributed by atoms with Crippen LogP contribution in [0.1, 0.15) is 38.5 Å². The Bertz CT molecular complexity index is 180. The van der Waals surface area contributed by atoms with Crippen LogP contribution in [0.2, 0.25) is 0 Å². The van der Waals surface area contributed by atoms with E-state index in [0.29, 0.717) is 0 Å². The molecule has 72 valence electrons. The predicted molar refractivity (Wildman–Crippen MR) is 59.7 cm³/mol. The molecule has 1 aliphatic rings. The zero-order valence-corrected chi connectivity index (χ0v) is 8.41. The fraction of sp³-hybridized carbons (Fsp3) is 0.538. The highest BCUT2D eigenvalue weighted by Gasteiger charge is 2.10. The first-order valence-corrected chi connectivity index (χ1v) is 5.37. The first-order valence-electron chi connectivity index (χ1n) is 5.37. The number of hydrogen-bond acceptors (Lipinski definition) is 0. The summed E-state index contributed by atoms with van der Waals surface area (Å²) in [5.74, 6) is 0.960. The second-order valence-corrected chi connectivity index (χ2v) is 3.79. The van der Waals surface area contributed by atoms with Gasteiger partial charge in [-0.15, -0.1) is 0 Å². The zero-order chi connectivity index (χ0) is 9.36. The molecule has 0 unspecified atom stereocenters. The monoisotopic (exact) mass is 176 g/mol. The fourth-order valence-corrected chi connectivity index (χ4v) is 1.92. The lowest BCUT2D eigenvalue weighted by Crippen LogP contribution is -2.04. The average Bonchev–Trinajstić information content (AvgIpc) is 2.19. The van der Waals surface area contributed by atoms with Gasteiger partial charge in [-0.05, 0) is 12.3 Å². The Morgan fingerprint density at radius 1 is 1.00 bits per heavy atom. The summed E-state index contributed by atoms with van der Waals surface area (Å²) in [5.41, 5.74) is 0. The maximum Gasteiger partial charge on any atom is -0.0319 e. The molecule has 0 aromatic rings. The standard InChI is InChI=1S/C13H20/c1-2-3-4-5-7-10-13-11-8-6-9-12-13/h2-5,7,13H,1,6,8-12H2/b4-3-,7-5-. The van der Waals surface area contributed by atoms with Gasteiger partial charge < -0.3 is 0 Å². The summed E-state index contributed by atoms with van der Waals surface area (Å²) in [4.78, 5) is 0. The minimum Gasteiger partial charge on any atom is -0.0991 e. The minimum atomic E-state index is 0.960. The van der Waals surface area contributed by atoms with E-state index in [1.807, 2.05) is 12.2 Å². The molecule has 1 fully saturated rings. The summed E-state index contributed by atoms with van der Waals surface area (Å²) in [6.45, 7) is 3.63. The Kier molecular flexibility index (Phi) is 5.31. The van der Waals surface area contributed by atoms with Crippen molar-refractivity contribution in [3.05, 3.63) is 37.0 Å². The van der Waals surface area contributed by atoms with Crippen molar-refractivity contribution >= 4 is 0 Å². The van der Waals surface area contributed by atoms with Crippen LogP contribution in [0.15, 0.2) is 37.0 Å². The van der Waals surface area contributed by atoms with E-state index in [9.17, 15) is 0 Å². The lowest BCUT2D eigenvalue weighted by atomic mass is 9.87. The molecule has 0 aromatic carbocycles. The summed E-state index contributed by atoms with van der Waals surface area (Å²) in [7, 11) is 0. The second-order valence-electron chi connectivity index (χ2n) is 3.79. The van der Waals surface area contributed by atoms with E-state index in [4.69, 9.17) is 0 Å². The first kappa shape index (κ1) is 10.3. The van der Waals surface area contributed by atoms with E-state index in [0.717, 1.165) is 5.92 Å². The molecular formula is C13H20. The van der Waals surface area contributed by atoms with Gasteiger partial charge in [0.15, 0.2) is 0 Å². The van der Waals surface area contributed by atoms with Crippen LogP contribution < -0.4 is 0 Å². The first-order chi connectivity index (χ1) is 6.43. The van der Waals surface area contributed by atoms with Crippen LogP contribution in [0.25, 0.3) is 0 Å². The Morgan fingerprint density at radius 3 is 2.46 bits per heavy atom. The van der Waals surface area contributed by atoms with Crippen molar-refractivity contribution in [1.29, 1.82) is 0 Å². The largest absolute Gasteiger partial charge is 0.0991 e. The van der Waals surface area contributed by atoms with E-state index in [1.54, 1.807) is 0 Å². The molecule has 0 N–H and O–H groups in total. The van der Waals surface area contributed by atoms with Crippen LogP contribution in [0.3, 0.4) is 0 Å². The van der Waals surface area contributed by atoms with E-state index < -0.39 is 0 Å². The van der Waals surface area contributed by atoms with Crippen molar-refractivity contribution in [2.24, 2.45) is 5.92 Å². The van der Waals surface area contributed by atoms with Crippen LogP contribution in [0, 0.1) is 5.92 Å². The van der Waals surface area contributed by atoms with Crippen LogP contribution in [-0.2, 0) is 0 Å².